The van der Waals surface area contributed by atoms with Crippen LogP contribution in [0.4, 0.5) is 11.6 Å². The van der Waals surface area contributed by atoms with Gasteiger partial charge in [-0.3, -0.25) is 0 Å². The fourth-order valence-corrected chi connectivity index (χ4v) is 2.30. The number of rotatable bonds is 5. The maximum Gasteiger partial charge on any atom is 0.134 e. The van der Waals surface area contributed by atoms with Gasteiger partial charge < -0.3 is 15.3 Å². The van der Waals surface area contributed by atoms with Crippen LogP contribution >= 0.6 is 0 Å². The lowest BCUT2D eigenvalue weighted by molar-refractivity contribution is 0.203. The van der Waals surface area contributed by atoms with Crippen molar-refractivity contribution < 1.29 is 5.11 Å². The number of aromatic nitrogens is 2. The van der Waals surface area contributed by atoms with Crippen molar-refractivity contribution in [1.82, 2.24) is 9.97 Å². The van der Waals surface area contributed by atoms with Crippen molar-refractivity contribution in [2.45, 2.75) is 39.2 Å². The third-order valence-electron chi connectivity index (χ3n) is 3.86. The quantitative estimate of drug-likeness (QED) is 0.850. The first-order chi connectivity index (χ1) is 9.22. The Hall–Kier alpha value is -1.36. The summed E-state index contributed by atoms with van der Waals surface area (Å²) in [4.78, 5) is 10.9. The second kappa shape index (κ2) is 6.70. The number of piperidine rings is 1. The molecule has 1 aliphatic rings. The zero-order valence-electron chi connectivity index (χ0n) is 11.8. The van der Waals surface area contributed by atoms with E-state index in [1.54, 1.807) is 6.33 Å². The molecule has 0 amide bonds. The molecule has 1 aliphatic heterocycles. The van der Waals surface area contributed by atoms with Gasteiger partial charge in [0.2, 0.25) is 0 Å². The van der Waals surface area contributed by atoms with Crippen LogP contribution in [0.3, 0.4) is 0 Å². The molecule has 0 aromatic carbocycles. The van der Waals surface area contributed by atoms with Crippen LogP contribution < -0.4 is 10.2 Å². The van der Waals surface area contributed by atoms with Crippen LogP contribution in [-0.2, 0) is 0 Å². The first kappa shape index (κ1) is 14.1. The average Bonchev–Trinajstić information content (AvgIpc) is 2.47. The van der Waals surface area contributed by atoms with E-state index >= 15 is 0 Å². The molecule has 19 heavy (non-hydrogen) atoms. The number of aliphatic hydroxyl groups is 1. The molecule has 1 atom stereocenters. The van der Waals surface area contributed by atoms with Gasteiger partial charge in [0.15, 0.2) is 0 Å². The first-order valence-corrected chi connectivity index (χ1v) is 7.17. The Morgan fingerprint density at radius 2 is 2.16 bits per heavy atom. The van der Waals surface area contributed by atoms with Crippen molar-refractivity contribution in [2.24, 2.45) is 5.92 Å². The molecule has 2 N–H and O–H groups in total. The van der Waals surface area contributed by atoms with Gasteiger partial charge in [-0.25, -0.2) is 9.97 Å². The molecule has 1 saturated heterocycles. The summed E-state index contributed by atoms with van der Waals surface area (Å²) in [5.41, 5.74) is 0. The second-order valence-electron chi connectivity index (χ2n) is 5.33. The topological polar surface area (TPSA) is 61.3 Å². The molecule has 106 valence electrons. The maximum atomic E-state index is 9.16. The van der Waals surface area contributed by atoms with Gasteiger partial charge >= 0.3 is 0 Å². The van der Waals surface area contributed by atoms with Crippen molar-refractivity contribution in [3.05, 3.63) is 12.4 Å². The third-order valence-corrected chi connectivity index (χ3v) is 3.86. The van der Waals surface area contributed by atoms with Gasteiger partial charge in [-0.15, -0.1) is 0 Å². The van der Waals surface area contributed by atoms with Gasteiger partial charge in [0.05, 0.1) is 0 Å². The summed E-state index contributed by atoms with van der Waals surface area (Å²) in [5.74, 6) is 2.33. The van der Waals surface area contributed by atoms with E-state index in [0.29, 0.717) is 18.6 Å². The van der Waals surface area contributed by atoms with Crippen LogP contribution in [0, 0.1) is 5.92 Å². The van der Waals surface area contributed by atoms with Crippen LogP contribution in [0.2, 0.25) is 0 Å². The van der Waals surface area contributed by atoms with Crippen LogP contribution in [-0.4, -0.2) is 40.8 Å². The lowest BCUT2D eigenvalue weighted by Gasteiger charge is -2.32. The number of nitrogens with zero attached hydrogens (tertiary/aromatic N) is 3. The van der Waals surface area contributed by atoms with Gasteiger partial charge in [0.25, 0.3) is 0 Å². The Bertz CT molecular complexity index is 391. The molecule has 5 heteroatoms. The number of anilines is 2. The third kappa shape index (κ3) is 3.80. The van der Waals surface area contributed by atoms with Gasteiger partial charge in [-0.2, -0.15) is 0 Å². The van der Waals surface area contributed by atoms with E-state index < -0.39 is 0 Å². The van der Waals surface area contributed by atoms with E-state index in [0.717, 1.165) is 44.0 Å². The fraction of sp³-hybridized carbons (Fsp3) is 0.714. The standard InChI is InChI=1S/C14H24N4O/c1-3-11(2)17-13-8-14(16-10-15-13)18-6-4-12(9-19)5-7-18/h8,10-12,19H,3-7,9H2,1-2H3,(H,15,16,17). The minimum Gasteiger partial charge on any atom is -0.396 e. The lowest BCUT2D eigenvalue weighted by atomic mass is 9.98. The lowest BCUT2D eigenvalue weighted by Crippen LogP contribution is -2.35. The smallest absolute Gasteiger partial charge is 0.134 e. The zero-order chi connectivity index (χ0) is 13.7. The molecule has 2 rings (SSSR count). The monoisotopic (exact) mass is 264 g/mol. The van der Waals surface area contributed by atoms with Crippen molar-refractivity contribution in [3.63, 3.8) is 0 Å². The summed E-state index contributed by atoms with van der Waals surface area (Å²) in [6, 6.07) is 2.44. The second-order valence-corrected chi connectivity index (χ2v) is 5.33. The molecule has 1 aromatic heterocycles. The van der Waals surface area contributed by atoms with Gasteiger partial charge in [0.1, 0.15) is 18.0 Å². The number of aliphatic hydroxyl groups excluding tert-OH is 1. The van der Waals surface area contributed by atoms with Crippen LogP contribution in [0.1, 0.15) is 33.1 Å². The minimum atomic E-state index is 0.304. The Morgan fingerprint density at radius 1 is 1.42 bits per heavy atom. The summed E-state index contributed by atoms with van der Waals surface area (Å²) in [6.45, 7) is 6.53. The zero-order valence-corrected chi connectivity index (χ0v) is 11.8. The Labute approximate surface area is 115 Å². The molecular weight excluding hydrogens is 240 g/mol. The summed E-state index contributed by atoms with van der Waals surface area (Å²) < 4.78 is 0. The first-order valence-electron chi connectivity index (χ1n) is 7.17. The van der Waals surface area contributed by atoms with E-state index in [9.17, 15) is 0 Å². The molecule has 0 saturated carbocycles. The molecule has 0 bridgehead atoms. The van der Waals surface area contributed by atoms with E-state index in [-0.39, 0.29) is 0 Å². The van der Waals surface area contributed by atoms with Gasteiger partial charge in [0, 0.05) is 31.8 Å². The molecule has 1 fully saturated rings. The number of hydrogen-bond donors (Lipinski definition) is 2. The SMILES string of the molecule is CCC(C)Nc1cc(N2CCC(CO)CC2)ncn1. The maximum absolute atomic E-state index is 9.16. The predicted octanol–water partition coefficient (Wildman–Crippen LogP) is 1.90. The molecular formula is C14H24N4O. The highest BCUT2D eigenvalue weighted by atomic mass is 16.3. The fourth-order valence-electron chi connectivity index (χ4n) is 2.30. The summed E-state index contributed by atoms with van der Waals surface area (Å²) in [7, 11) is 0. The molecule has 1 unspecified atom stereocenters. The van der Waals surface area contributed by atoms with E-state index in [1.807, 2.05) is 6.07 Å². The normalized spacial score (nSPS) is 18.4. The molecule has 1 aromatic rings. The van der Waals surface area contributed by atoms with Crippen LogP contribution in [0.15, 0.2) is 12.4 Å². The number of nitrogens with one attached hydrogen (secondary N) is 1. The Morgan fingerprint density at radius 3 is 2.79 bits per heavy atom. The van der Waals surface area contributed by atoms with Crippen LogP contribution in [0.25, 0.3) is 0 Å². The van der Waals surface area contributed by atoms with Crippen molar-refractivity contribution in [1.29, 1.82) is 0 Å². The Kier molecular flexibility index (Phi) is 4.96. The predicted molar refractivity (Wildman–Crippen MR) is 77.4 cm³/mol. The molecule has 5 nitrogen and oxygen atoms in total. The molecule has 2 heterocycles. The summed E-state index contributed by atoms with van der Waals surface area (Å²) in [6.07, 6.45) is 4.77. The van der Waals surface area contributed by atoms with E-state index in [2.05, 4.69) is 34.0 Å². The van der Waals surface area contributed by atoms with Crippen molar-refractivity contribution >= 4 is 11.6 Å². The molecule has 0 spiro atoms. The van der Waals surface area contributed by atoms with E-state index in [4.69, 9.17) is 5.11 Å². The van der Waals surface area contributed by atoms with Gasteiger partial charge in [-0.05, 0) is 32.1 Å². The molecule has 0 radical (unpaired) electrons. The van der Waals surface area contributed by atoms with Crippen molar-refractivity contribution in [3.8, 4) is 0 Å². The molecule has 0 aliphatic carbocycles. The summed E-state index contributed by atoms with van der Waals surface area (Å²) in [5, 5.41) is 12.5. The summed E-state index contributed by atoms with van der Waals surface area (Å²) >= 11 is 0. The highest BCUT2D eigenvalue weighted by molar-refractivity contribution is 5.49. The van der Waals surface area contributed by atoms with Crippen molar-refractivity contribution in [2.75, 3.05) is 29.9 Å². The van der Waals surface area contributed by atoms with Crippen LogP contribution in [0.5, 0.6) is 0 Å². The average molecular weight is 264 g/mol. The largest absolute Gasteiger partial charge is 0.396 e. The highest BCUT2D eigenvalue weighted by Gasteiger charge is 2.19. The Balaban J connectivity index is 1.99. The van der Waals surface area contributed by atoms with Gasteiger partial charge in [-0.1, -0.05) is 6.92 Å². The number of hydrogen-bond acceptors (Lipinski definition) is 5. The highest BCUT2D eigenvalue weighted by Crippen LogP contribution is 2.22. The van der Waals surface area contributed by atoms with E-state index in [1.165, 1.54) is 0 Å². The minimum absolute atomic E-state index is 0.304.